The minimum Gasteiger partial charge on any atom is -0.467 e. The normalized spacial score (nSPS) is 13.0. The molecule has 0 fully saturated rings. The molecule has 0 aromatic heterocycles. The van der Waals surface area contributed by atoms with Crippen molar-refractivity contribution >= 4 is 11.9 Å². The topological polar surface area (TPSA) is 75.6 Å². The molecule has 2 N–H and O–H groups in total. The first-order chi connectivity index (χ1) is 11.0. The molecule has 0 radical (unpaired) electrons. The predicted octanol–water partition coefficient (Wildman–Crippen LogP) is 1.83. The van der Waals surface area contributed by atoms with E-state index in [0.29, 0.717) is 5.56 Å². The van der Waals surface area contributed by atoms with E-state index in [-0.39, 0.29) is 5.56 Å². The lowest BCUT2D eigenvalue weighted by molar-refractivity contribution is -0.146. The summed E-state index contributed by atoms with van der Waals surface area (Å²) in [7, 11) is 1.15. The number of benzene rings is 2. The van der Waals surface area contributed by atoms with Crippen LogP contribution in [0.1, 0.15) is 22.0 Å². The van der Waals surface area contributed by atoms with Crippen LogP contribution in [0.5, 0.6) is 0 Å². The van der Waals surface area contributed by atoms with E-state index < -0.39 is 29.8 Å². The van der Waals surface area contributed by atoms with Crippen molar-refractivity contribution in [3.63, 3.8) is 0 Å². The number of hydrogen-bond donors (Lipinski definition) is 2. The molecule has 0 unspecified atom stereocenters. The Bertz CT molecular complexity index is 673. The van der Waals surface area contributed by atoms with Gasteiger partial charge in [-0.25, -0.2) is 9.18 Å². The molecule has 0 aliphatic heterocycles. The van der Waals surface area contributed by atoms with Crippen LogP contribution in [0.3, 0.4) is 0 Å². The molecule has 0 saturated carbocycles. The third-order valence-corrected chi connectivity index (χ3v) is 3.30. The van der Waals surface area contributed by atoms with Crippen LogP contribution in [-0.2, 0) is 9.53 Å². The first-order valence-corrected chi connectivity index (χ1v) is 6.90. The van der Waals surface area contributed by atoms with Crippen molar-refractivity contribution in [1.82, 2.24) is 5.32 Å². The SMILES string of the molecule is COC(=O)[C@H](NC(=O)c1ccccc1)[C@H](O)c1ccc(F)cc1. The van der Waals surface area contributed by atoms with Crippen LogP contribution in [0.15, 0.2) is 54.6 Å². The minimum atomic E-state index is -1.37. The number of ether oxygens (including phenoxy) is 1. The monoisotopic (exact) mass is 317 g/mol. The predicted molar refractivity (Wildman–Crippen MR) is 81.1 cm³/mol. The molecule has 6 heteroatoms. The van der Waals surface area contributed by atoms with Gasteiger partial charge in [-0.2, -0.15) is 0 Å². The van der Waals surface area contributed by atoms with Gasteiger partial charge in [0.1, 0.15) is 11.9 Å². The van der Waals surface area contributed by atoms with Crippen molar-refractivity contribution in [2.24, 2.45) is 0 Å². The van der Waals surface area contributed by atoms with Crippen LogP contribution in [0.25, 0.3) is 0 Å². The summed E-state index contributed by atoms with van der Waals surface area (Å²) in [5.74, 6) is -1.79. The molecule has 5 nitrogen and oxygen atoms in total. The van der Waals surface area contributed by atoms with Gasteiger partial charge < -0.3 is 15.2 Å². The number of aliphatic hydroxyl groups excluding tert-OH is 1. The highest BCUT2D eigenvalue weighted by molar-refractivity contribution is 5.96. The fourth-order valence-electron chi connectivity index (χ4n) is 2.06. The maximum Gasteiger partial charge on any atom is 0.331 e. The van der Waals surface area contributed by atoms with Gasteiger partial charge in [0.15, 0.2) is 6.04 Å². The summed E-state index contributed by atoms with van der Waals surface area (Å²) < 4.78 is 17.6. The van der Waals surface area contributed by atoms with E-state index in [1.807, 2.05) is 0 Å². The number of amides is 1. The zero-order chi connectivity index (χ0) is 16.8. The highest BCUT2D eigenvalue weighted by Crippen LogP contribution is 2.19. The molecule has 0 heterocycles. The Morgan fingerprint density at radius 3 is 2.26 bits per heavy atom. The first-order valence-electron chi connectivity index (χ1n) is 6.90. The third kappa shape index (κ3) is 4.14. The zero-order valence-electron chi connectivity index (χ0n) is 12.4. The minimum absolute atomic E-state index is 0.287. The highest BCUT2D eigenvalue weighted by Gasteiger charge is 2.31. The van der Waals surface area contributed by atoms with Gasteiger partial charge in [-0.15, -0.1) is 0 Å². The molecule has 0 spiro atoms. The molecule has 0 saturated heterocycles. The summed E-state index contributed by atoms with van der Waals surface area (Å²) in [6.45, 7) is 0. The van der Waals surface area contributed by atoms with Gasteiger partial charge in [0.25, 0.3) is 5.91 Å². The molecule has 2 aromatic rings. The Morgan fingerprint density at radius 1 is 1.09 bits per heavy atom. The standard InChI is InChI=1S/C17H16FNO4/c1-23-17(22)14(15(20)11-7-9-13(18)10-8-11)19-16(21)12-5-3-2-4-6-12/h2-10,14-15,20H,1H3,(H,19,21)/t14-,15-/m1/s1. The van der Waals surface area contributed by atoms with Crippen LogP contribution in [-0.4, -0.2) is 30.1 Å². The van der Waals surface area contributed by atoms with E-state index in [9.17, 15) is 19.1 Å². The van der Waals surface area contributed by atoms with Crippen molar-refractivity contribution in [3.8, 4) is 0 Å². The van der Waals surface area contributed by atoms with Crippen molar-refractivity contribution in [2.45, 2.75) is 12.1 Å². The second-order valence-electron chi connectivity index (χ2n) is 4.84. The van der Waals surface area contributed by atoms with Crippen molar-refractivity contribution in [1.29, 1.82) is 0 Å². The molecule has 0 bridgehead atoms. The quantitative estimate of drug-likeness (QED) is 0.825. The van der Waals surface area contributed by atoms with Crippen LogP contribution in [0.2, 0.25) is 0 Å². The smallest absolute Gasteiger partial charge is 0.331 e. The lowest BCUT2D eigenvalue weighted by Crippen LogP contribution is -2.45. The molecule has 1 amide bonds. The lowest BCUT2D eigenvalue weighted by atomic mass is 10.0. The van der Waals surface area contributed by atoms with Gasteiger partial charge in [0, 0.05) is 5.56 Å². The number of rotatable bonds is 5. The molecule has 2 rings (SSSR count). The Balaban J connectivity index is 2.21. The van der Waals surface area contributed by atoms with Crippen LogP contribution in [0, 0.1) is 5.82 Å². The Kier molecular flexibility index (Phi) is 5.43. The molecule has 120 valence electrons. The van der Waals surface area contributed by atoms with Crippen molar-refractivity contribution in [3.05, 3.63) is 71.5 Å². The summed E-state index contributed by atoms with van der Waals surface area (Å²) in [6, 6.07) is 12.0. The number of halogens is 1. The molecular weight excluding hydrogens is 301 g/mol. The van der Waals surface area contributed by atoms with Gasteiger partial charge in [-0.05, 0) is 29.8 Å². The maximum atomic E-state index is 13.0. The zero-order valence-corrected chi connectivity index (χ0v) is 12.4. The first kappa shape index (κ1) is 16.6. The van der Waals surface area contributed by atoms with E-state index in [1.54, 1.807) is 30.3 Å². The fourth-order valence-corrected chi connectivity index (χ4v) is 2.06. The maximum absolute atomic E-state index is 13.0. The molecule has 2 aromatic carbocycles. The van der Waals surface area contributed by atoms with Gasteiger partial charge >= 0.3 is 5.97 Å². The van der Waals surface area contributed by atoms with Crippen LogP contribution in [0.4, 0.5) is 4.39 Å². The number of nitrogens with one attached hydrogen (secondary N) is 1. The molecular formula is C17H16FNO4. The number of carbonyl (C=O) groups excluding carboxylic acids is 2. The van der Waals surface area contributed by atoms with E-state index in [4.69, 9.17) is 0 Å². The number of hydrogen-bond acceptors (Lipinski definition) is 4. The fraction of sp³-hybridized carbons (Fsp3) is 0.176. The highest BCUT2D eigenvalue weighted by atomic mass is 19.1. The van der Waals surface area contributed by atoms with Crippen LogP contribution < -0.4 is 5.32 Å². The molecule has 2 atom stereocenters. The van der Waals surface area contributed by atoms with Gasteiger partial charge in [-0.1, -0.05) is 30.3 Å². The van der Waals surface area contributed by atoms with E-state index >= 15 is 0 Å². The Labute approximate surface area is 132 Å². The Hall–Kier alpha value is -2.73. The van der Waals surface area contributed by atoms with Crippen LogP contribution >= 0.6 is 0 Å². The molecule has 0 aliphatic rings. The van der Waals surface area contributed by atoms with Crippen molar-refractivity contribution in [2.75, 3.05) is 7.11 Å². The summed E-state index contributed by atoms with van der Waals surface area (Å²) in [4.78, 5) is 24.1. The summed E-state index contributed by atoms with van der Waals surface area (Å²) in [6.07, 6.45) is -1.37. The van der Waals surface area contributed by atoms with Gasteiger partial charge in [0.05, 0.1) is 7.11 Å². The number of esters is 1. The number of aliphatic hydroxyl groups is 1. The Morgan fingerprint density at radius 2 is 1.70 bits per heavy atom. The average Bonchev–Trinajstić information content (AvgIpc) is 2.59. The van der Waals surface area contributed by atoms with E-state index in [0.717, 1.165) is 19.2 Å². The number of carbonyl (C=O) groups is 2. The van der Waals surface area contributed by atoms with E-state index in [1.165, 1.54) is 12.1 Å². The second kappa shape index (κ2) is 7.51. The largest absolute Gasteiger partial charge is 0.467 e. The summed E-state index contributed by atoms with van der Waals surface area (Å²) in [5.41, 5.74) is 0.628. The summed E-state index contributed by atoms with van der Waals surface area (Å²) >= 11 is 0. The van der Waals surface area contributed by atoms with Gasteiger partial charge in [0.2, 0.25) is 0 Å². The van der Waals surface area contributed by atoms with Gasteiger partial charge in [-0.3, -0.25) is 4.79 Å². The average molecular weight is 317 g/mol. The second-order valence-corrected chi connectivity index (χ2v) is 4.84. The number of methoxy groups -OCH3 is 1. The lowest BCUT2D eigenvalue weighted by Gasteiger charge is -2.22. The van der Waals surface area contributed by atoms with Crippen molar-refractivity contribution < 1.29 is 23.8 Å². The third-order valence-electron chi connectivity index (χ3n) is 3.30. The molecule has 23 heavy (non-hydrogen) atoms. The summed E-state index contributed by atoms with van der Waals surface area (Å²) in [5, 5.41) is 12.8. The molecule has 0 aliphatic carbocycles. The van der Waals surface area contributed by atoms with E-state index in [2.05, 4.69) is 10.1 Å².